The van der Waals surface area contributed by atoms with E-state index in [-0.39, 0.29) is 18.5 Å². The average Bonchev–Trinajstić information content (AvgIpc) is 2.53. The number of rotatable bonds is 5. The molecule has 0 atom stereocenters. The van der Waals surface area contributed by atoms with Crippen molar-refractivity contribution < 1.29 is 14.3 Å². The van der Waals surface area contributed by atoms with Crippen LogP contribution in [0.2, 0.25) is 0 Å². The van der Waals surface area contributed by atoms with Crippen LogP contribution in [0.15, 0.2) is 18.2 Å². The maximum Gasteiger partial charge on any atom is 0.239 e. The van der Waals surface area contributed by atoms with Crippen molar-refractivity contribution >= 4 is 11.6 Å². The largest absolute Gasteiger partial charge is 0.495 e. The smallest absolute Gasteiger partial charge is 0.239 e. The molecule has 0 unspecified atom stereocenters. The van der Waals surface area contributed by atoms with E-state index in [0.29, 0.717) is 30.2 Å². The summed E-state index contributed by atoms with van der Waals surface area (Å²) >= 11 is 0. The Morgan fingerprint density at radius 2 is 2.24 bits per heavy atom. The number of benzene rings is 1. The second-order valence-corrected chi connectivity index (χ2v) is 4.83. The molecule has 1 amide bonds. The molecule has 6 nitrogen and oxygen atoms in total. The number of amides is 1. The highest BCUT2D eigenvalue weighted by atomic mass is 16.5. The molecule has 0 radical (unpaired) electrons. The van der Waals surface area contributed by atoms with E-state index in [2.05, 4.69) is 10.6 Å². The molecule has 21 heavy (non-hydrogen) atoms. The lowest BCUT2D eigenvalue weighted by atomic mass is 10.1. The average molecular weight is 289 g/mol. The van der Waals surface area contributed by atoms with E-state index < -0.39 is 0 Å². The summed E-state index contributed by atoms with van der Waals surface area (Å²) in [7, 11) is 1.53. The minimum Gasteiger partial charge on any atom is -0.495 e. The molecular formula is C15H19N3O3. The van der Waals surface area contributed by atoms with Crippen LogP contribution >= 0.6 is 0 Å². The van der Waals surface area contributed by atoms with Crippen molar-refractivity contribution in [2.24, 2.45) is 0 Å². The molecule has 0 saturated carbocycles. The van der Waals surface area contributed by atoms with Gasteiger partial charge in [0, 0.05) is 25.3 Å². The summed E-state index contributed by atoms with van der Waals surface area (Å²) in [6.45, 7) is 1.56. The van der Waals surface area contributed by atoms with Crippen LogP contribution in [0.5, 0.6) is 5.75 Å². The highest BCUT2D eigenvalue weighted by molar-refractivity contribution is 5.81. The summed E-state index contributed by atoms with van der Waals surface area (Å²) in [5.41, 5.74) is 1.21. The first-order chi connectivity index (χ1) is 10.2. The van der Waals surface area contributed by atoms with Crippen LogP contribution in [-0.2, 0) is 9.53 Å². The van der Waals surface area contributed by atoms with Crippen LogP contribution in [0.4, 0.5) is 5.69 Å². The molecule has 2 rings (SSSR count). The van der Waals surface area contributed by atoms with Crippen LogP contribution in [-0.4, -0.2) is 38.8 Å². The van der Waals surface area contributed by atoms with Crippen LogP contribution in [0.1, 0.15) is 18.4 Å². The summed E-state index contributed by atoms with van der Waals surface area (Å²) in [5.74, 6) is 0.487. The second kappa shape index (κ2) is 7.50. The van der Waals surface area contributed by atoms with Crippen molar-refractivity contribution in [1.82, 2.24) is 5.32 Å². The topological polar surface area (TPSA) is 83.4 Å². The molecule has 6 heteroatoms. The van der Waals surface area contributed by atoms with E-state index in [1.807, 2.05) is 6.07 Å². The van der Waals surface area contributed by atoms with Crippen LogP contribution < -0.4 is 15.4 Å². The third-order valence-electron chi connectivity index (χ3n) is 3.36. The molecule has 1 heterocycles. The number of carbonyl (C=O) groups excluding carboxylic acids is 1. The van der Waals surface area contributed by atoms with Gasteiger partial charge >= 0.3 is 0 Å². The quantitative estimate of drug-likeness (QED) is 0.853. The molecule has 0 spiro atoms. The standard InChI is InChI=1S/C15H19N3O3/c1-20-14-8-11(9-16)2-3-13(14)17-10-15(19)18-12-4-6-21-7-5-12/h2-3,8,12,17H,4-7,10H2,1H3,(H,18,19). The van der Waals surface area contributed by atoms with Gasteiger partial charge in [-0.15, -0.1) is 0 Å². The number of methoxy groups -OCH3 is 1. The minimum atomic E-state index is -0.0617. The van der Waals surface area contributed by atoms with Gasteiger partial charge in [0.2, 0.25) is 5.91 Å². The molecular weight excluding hydrogens is 270 g/mol. The van der Waals surface area contributed by atoms with Crippen LogP contribution in [0, 0.1) is 11.3 Å². The zero-order chi connectivity index (χ0) is 15.1. The van der Waals surface area contributed by atoms with E-state index in [0.717, 1.165) is 12.8 Å². The van der Waals surface area contributed by atoms with Gasteiger partial charge in [-0.1, -0.05) is 0 Å². The van der Waals surface area contributed by atoms with Crippen molar-refractivity contribution in [3.63, 3.8) is 0 Å². The summed E-state index contributed by atoms with van der Waals surface area (Å²) in [4.78, 5) is 11.9. The molecule has 1 aromatic rings. The lowest BCUT2D eigenvalue weighted by Gasteiger charge is -2.23. The van der Waals surface area contributed by atoms with Crippen LogP contribution in [0.3, 0.4) is 0 Å². The first kappa shape index (κ1) is 15.1. The van der Waals surface area contributed by atoms with E-state index in [1.165, 1.54) is 7.11 Å². The fourth-order valence-corrected chi connectivity index (χ4v) is 2.20. The van der Waals surface area contributed by atoms with E-state index in [9.17, 15) is 4.79 Å². The van der Waals surface area contributed by atoms with Gasteiger partial charge in [0.05, 0.1) is 31.0 Å². The number of hydrogen-bond acceptors (Lipinski definition) is 5. The Labute approximate surface area is 124 Å². The fraction of sp³-hybridized carbons (Fsp3) is 0.467. The van der Waals surface area contributed by atoms with Gasteiger partial charge in [0.25, 0.3) is 0 Å². The Balaban J connectivity index is 1.87. The zero-order valence-electron chi connectivity index (χ0n) is 12.0. The Morgan fingerprint density at radius 1 is 1.48 bits per heavy atom. The molecule has 1 saturated heterocycles. The predicted octanol–water partition coefficient (Wildman–Crippen LogP) is 1.27. The Bertz CT molecular complexity index is 533. The number of ether oxygens (including phenoxy) is 2. The molecule has 0 aromatic heterocycles. The van der Waals surface area contributed by atoms with E-state index in [4.69, 9.17) is 14.7 Å². The molecule has 1 aliphatic heterocycles. The number of carbonyl (C=O) groups is 1. The number of hydrogen-bond donors (Lipinski definition) is 2. The van der Waals surface area contributed by atoms with E-state index in [1.54, 1.807) is 18.2 Å². The van der Waals surface area contributed by atoms with Gasteiger partial charge in [-0.05, 0) is 25.0 Å². The van der Waals surface area contributed by atoms with Crippen molar-refractivity contribution in [3.8, 4) is 11.8 Å². The number of nitriles is 1. The monoisotopic (exact) mass is 289 g/mol. The van der Waals surface area contributed by atoms with Gasteiger partial charge in [0.1, 0.15) is 5.75 Å². The third kappa shape index (κ3) is 4.36. The van der Waals surface area contributed by atoms with Crippen molar-refractivity contribution in [2.45, 2.75) is 18.9 Å². The Hall–Kier alpha value is -2.26. The summed E-state index contributed by atoms with van der Waals surface area (Å²) in [6.07, 6.45) is 1.71. The predicted molar refractivity (Wildman–Crippen MR) is 78.2 cm³/mol. The number of anilines is 1. The van der Waals surface area contributed by atoms with Crippen molar-refractivity contribution in [2.75, 3.05) is 32.2 Å². The summed E-state index contributed by atoms with van der Waals surface area (Å²) in [5, 5.41) is 14.9. The normalized spacial score (nSPS) is 15.0. The molecule has 112 valence electrons. The lowest BCUT2D eigenvalue weighted by Crippen LogP contribution is -2.41. The minimum absolute atomic E-state index is 0.0617. The highest BCUT2D eigenvalue weighted by Gasteiger charge is 2.16. The van der Waals surface area contributed by atoms with Gasteiger partial charge in [0.15, 0.2) is 0 Å². The first-order valence-electron chi connectivity index (χ1n) is 6.92. The summed E-state index contributed by atoms with van der Waals surface area (Å²) < 4.78 is 10.5. The van der Waals surface area contributed by atoms with Gasteiger partial charge in [-0.25, -0.2) is 0 Å². The fourth-order valence-electron chi connectivity index (χ4n) is 2.20. The van der Waals surface area contributed by atoms with E-state index >= 15 is 0 Å². The van der Waals surface area contributed by atoms with Gasteiger partial charge in [-0.3, -0.25) is 4.79 Å². The zero-order valence-corrected chi connectivity index (χ0v) is 12.0. The molecule has 0 bridgehead atoms. The maximum absolute atomic E-state index is 11.9. The van der Waals surface area contributed by atoms with Crippen LogP contribution in [0.25, 0.3) is 0 Å². The van der Waals surface area contributed by atoms with Crippen molar-refractivity contribution in [1.29, 1.82) is 5.26 Å². The third-order valence-corrected chi connectivity index (χ3v) is 3.36. The summed E-state index contributed by atoms with van der Waals surface area (Å²) in [6, 6.07) is 7.29. The molecule has 0 aliphatic carbocycles. The highest BCUT2D eigenvalue weighted by Crippen LogP contribution is 2.24. The SMILES string of the molecule is COc1cc(C#N)ccc1NCC(=O)NC1CCOCC1. The number of nitrogens with zero attached hydrogens (tertiary/aromatic N) is 1. The molecule has 1 aromatic carbocycles. The Kier molecular flexibility index (Phi) is 5.41. The number of nitrogens with one attached hydrogen (secondary N) is 2. The van der Waals surface area contributed by atoms with Gasteiger partial charge < -0.3 is 20.1 Å². The maximum atomic E-state index is 11.9. The first-order valence-corrected chi connectivity index (χ1v) is 6.92. The lowest BCUT2D eigenvalue weighted by molar-refractivity contribution is -0.120. The van der Waals surface area contributed by atoms with Gasteiger partial charge in [-0.2, -0.15) is 5.26 Å². The Morgan fingerprint density at radius 3 is 2.90 bits per heavy atom. The molecule has 2 N–H and O–H groups in total. The van der Waals surface area contributed by atoms with Crippen molar-refractivity contribution in [3.05, 3.63) is 23.8 Å². The molecule has 1 fully saturated rings. The second-order valence-electron chi connectivity index (χ2n) is 4.83. The molecule has 1 aliphatic rings.